The zero-order valence-electron chi connectivity index (χ0n) is 11.5. The molecule has 0 bridgehead atoms. The van der Waals surface area contributed by atoms with Gasteiger partial charge >= 0.3 is 0 Å². The Morgan fingerprint density at radius 2 is 1.60 bits per heavy atom. The molecule has 0 saturated carbocycles. The second kappa shape index (κ2) is 9.06. The van der Waals surface area contributed by atoms with Gasteiger partial charge in [-0.1, -0.05) is 38.0 Å². The van der Waals surface area contributed by atoms with E-state index >= 15 is 0 Å². The summed E-state index contributed by atoms with van der Waals surface area (Å²) in [5.74, 6) is -0.0964. The summed E-state index contributed by atoms with van der Waals surface area (Å²) in [7, 11) is -6.05. The highest BCUT2D eigenvalue weighted by molar-refractivity contribution is 7.86. The molecule has 1 N–H and O–H groups in total. The normalized spacial score (nSPS) is 11.6. The predicted molar refractivity (Wildman–Crippen MR) is 76.6 cm³/mol. The molecular weight excluding hydrogens is 304 g/mol. The van der Waals surface area contributed by atoms with Gasteiger partial charge in [0.1, 0.15) is 0 Å². The van der Waals surface area contributed by atoms with Gasteiger partial charge < -0.3 is 0 Å². The van der Waals surface area contributed by atoms with Crippen LogP contribution in [0.3, 0.4) is 0 Å². The third-order valence-electron chi connectivity index (χ3n) is 2.26. The van der Waals surface area contributed by atoms with Gasteiger partial charge in [-0.05, 0) is 18.6 Å². The molecule has 0 aliphatic carbocycles. The lowest BCUT2D eigenvalue weighted by molar-refractivity contribution is 0.398. The molecule has 1 aromatic carbocycles. The van der Waals surface area contributed by atoms with Crippen LogP contribution in [0.1, 0.15) is 26.2 Å². The zero-order valence-corrected chi connectivity index (χ0v) is 13.2. The van der Waals surface area contributed by atoms with Crippen LogP contribution in [-0.2, 0) is 24.4 Å². The van der Waals surface area contributed by atoms with Crippen LogP contribution >= 0.6 is 0 Å². The lowest BCUT2D eigenvalue weighted by atomic mass is 10.3. The average Bonchev–Trinajstić information content (AvgIpc) is 2.39. The molecule has 1 aromatic rings. The van der Waals surface area contributed by atoms with Crippen LogP contribution in [-0.4, -0.2) is 34.3 Å². The highest BCUT2D eigenvalue weighted by atomic mass is 32.2. The maximum absolute atomic E-state index is 11.0. The molecule has 8 heteroatoms. The van der Waals surface area contributed by atoms with E-state index in [0.29, 0.717) is 6.42 Å². The van der Waals surface area contributed by atoms with Crippen molar-refractivity contribution in [3.05, 3.63) is 30.3 Å². The van der Waals surface area contributed by atoms with E-state index in [2.05, 4.69) is 4.18 Å². The minimum atomic E-state index is -3.70. The first-order valence-corrected chi connectivity index (χ1v) is 9.05. The van der Waals surface area contributed by atoms with E-state index < -0.39 is 20.2 Å². The summed E-state index contributed by atoms with van der Waals surface area (Å²) in [6.45, 7) is 1.98. The van der Waals surface area contributed by atoms with Crippen molar-refractivity contribution in [2.24, 2.45) is 0 Å². The van der Waals surface area contributed by atoms with Crippen LogP contribution < -0.4 is 0 Å². The molecule has 0 spiro atoms. The molecule has 0 aliphatic rings. The van der Waals surface area contributed by atoms with E-state index in [1.54, 1.807) is 18.2 Å². The van der Waals surface area contributed by atoms with Crippen molar-refractivity contribution in [1.29, 1.82) is 0 Å². The molecule has 116 valence electrons. The van der Waals surface area contributed by atoms with Crippen molar-refractivity contribution < 1.29 is 25.6 Å². The Morgan fingerprint density at radius 3 is 2.00 bits per heavy atom. The molecule has 1 rings (SSSR count). The van der Waals surface area contributed by atoms with Gasteiger partial charge in [-0.3, -0.25) is 8.74 Å². The topological polar surface area (TPSA) is 97.7 Å². The summed E-state index contributed by atoms with van der Waals surface area (Å²) >= 11 is 0. The summed E-state index contributed by atoms with van der Waals surface area (Å²) in [6, 6.07) is 8.00. The quantitative estimate of drug-likeness (QED) is 0.489. The van der Waals surface area contributed by atoms with Crippen LogP contribution in [0.4, 0.5) is 0 Å². The molecule has 0 unspecified atom stereocenters. The van der Waals surface area contributed by atoms with E-state index in [4.69, 9.17) is 4.55 Å². The van der Waals surface area contributed by atoms with Crippen LogP contribution in [0.25, 0.3) is 0 Å². The standard InChI is InChI=1S/C7H8O3S.C5H12O3S/c1-10-11(8,9)7-5-3-2-4-6-7;1-2-3-4-5-9(6,7)8/h2-6H,1H3;2-5H2,1H3,(H,6,7,8). The summed E-state index contributed by atoms with van der Waals surface area (Å²) in [4.78, 5) is 0.183. The van der Waals surface area contributed by atoms with Gasteiger partial charge in [-0.2, -0.15) is 16.8 Å². The fraction of sp³-hybridized carbons (Fsp3) is 0.500. The minimum Gasteiger partial charge on any atom is -0.286 e. The number of unbranched alkanes of at least 4 members (excludes halogenated alkanes) is 2. The lowest BCUT2D eigenvalue weighted by Crippen LogP contribution is -2.02. The largest absolute Gasteiger partial charge is 0.296 e. The van der Waals surface area contributed by atoms with Crippen molar-refractivity contribution in [2.75, 3.05) is 12.9 Å². The Morgan fingerprint density at radius 1 is 1.05 bits per heavy atom. The summed E-state index contributed by atoms with van der Waals surface area (Å²) in [5, 5.41) is 0. The Bertz CT molecular complexity index is 563. The van der Waals surface area contributed by atoms with Gasteiger partial charge in [0.25, 0.3) is 20.2 Å². The highest BCUT2D eigenvalue weighted by Crippen LogP contribution is 2.09. The number of hydrogen-bond donors (Lipinski definition) is 1. The Hall–Kier alpha value is -0.960. The van der Waals surface area contributed by atoms with E-state index in [-0.39, 0.29) is 10.6 Å². The lowest BCUT2D eigenvalue weighted by Gasteiger charge is -1.98. The van der Waals surface area contributed by atoms with Crippen LogP contribution in [0.15, 0.2) is 35.2 Å². The number of hydrogen-bond acceptors (Lipinski definition) is 5. The van der Waals surface area contributed by atoms with E-state index in [1.807, 2.05) is 6.92 Å². The molecule has 0 atom stereocenters. The van der Waals surface area contributed by atoms with E-state index in [0.717, 1.165) is 20.0 Å². The summed E-state index contributed by atoms with van der Waals surface area (Å²) < 4.78 is 54.6. The number of rotatable bonds is 6. The molecule has 0 heterocycles. The van der Waals surface area contributed by atoms with Gasteiger partial charge in [0, 0.05) is 0 Å². The smallest absolute Gasteiger partial charge is 0.286 e. The highest BCUT2D eigenvalue weighted by Gasteiger charge is 2.10. The Kier molecular flexibility index (Phi) is 8.63. The summed E-state index contributed by atoms with van der Waals surface area (Å²) in [6.07, 6.45) is 2.39. The zero-order chi connectivity index (χ0) is 15.6. The van der Waals surface area contributed by atoms with Gasteiger partial charge in [-0.25, -0.2) is 0 Å². The van der Waals surface area contributed by atoms with Gasteiger partial charge in [0.15, 0.2) is 0 Å². The van der Waals surface area contributed by atoms with Crippen molar-refractivity contribution in [3.63, 3.8) is 0 Å². The molecule has 20 heavy (non-hydrogen) atoms. The molecule has 0 amide bonds. The van der Waals surface area contributed by atoms with Gasteiger partial charge in [0.2, 0.25) is 0 Å². The van der Waals surface area contributed by atoms with E-state index in [1.165, 1.54) is 12.1 Å². The predicted octanol–water partition coefficient (Wildman–Crippen LogP) is 2.09. The second-order valence-corrected chi connectivity index (χ2v) is 7.21. The Labute approximate surface area is 120 Å². The van der Waals surface area contributed by atoms with E-state index in [9.17, 15) is 16.8 Å². The monoisotopic (exact) mass is 324 g/mol. The second-order valence-electron chi connectivity index (χ2n) is 3.93. The van der Waals surface area contributed by atoms with Crippen molar-refractivity contribution in [1.82, 2.24) is 0 Å². The third-order valence-corrected chi connectivity index (χ3v) is 4.35. The fourth-order valence-corrected chi connectivity index (χ4v) is 2.47. The van der Waals surface area contributed by atoms with Crippen molar-refractivity contribution in [3.8, 4) is 0 Å². The molecule has 0 radical (unpaired) electrons. The first kappa shape index (κ1) is 19.0. The average molecular weight is 324 g/mol. The SMILES string of the molecule is CCCCCS(=O)(=O)O.COS(=O)(=O)c1ccccc1. The molecule has 6 nitrogen and oxygen atoms in total. The molecule has 0 fully saturated rings. The molecule has 0 saturated heterocycles. The van der Waals surface area contributed by atoms with Crippen LogP contribution in [0, 0.1) is 0 Å². The molecule has 0 aromatic heterocycles. The molecular formula is C12H20O6S2. The maximum atomic E-state index is 11.0. The minimum absolute atomic E-state index is 0.0964. The first-order valence-electron chi connectivity index (χ1n) is 6.03. The van der Waals surface area contributed by atoms with Crippen LogP contribution in [0.2, 0.25) is 0 Å². The van der Waals surface area contributed by atoms with Crippen molar-refractivity contribution >= 4 is 20.2 Å². The first-order chi connectivity index (χ1) is 9.23. The fourth-order valence-electron chi connectivity index (χ4n) is 1.22. The maximum Gasteiger partial charge on any atom is 0.296 e. The number of benzene rings is 1. The van der Waals surface area contributed by atoms with Crippen molar-refractivity contribution in [2.45, 2.75) is 31.1 Å². The van der Waals surface area contributed by atoms with Gasteiger partial charge in [-0.15, -0.1) is 0 Å². The Balaban J connectivity index is 0.000000370. The molecule has 0 aliphatic heterocycles. The summed E-state index contributed by atoms with van der Waals surface area (Å²) in [5.41, 5.74) is 0. The van der Waals surface area contributed by atoms with Crippen LogP contribution in [0.5, 0.6) is 0 Å². The van der Waals surface area contributed by atoms with Gasteiger partial charge in [0.05, 0.1) is 17.8 Å². The third kappa shape index (κ3) is 9.03.